The zero-order valence-electron chi connectivity index (χ0n) is 11.2. The number of benzene rings is 1. The predicted molar refractivity (Wildman–Crippen MR) is 74.0 cm³/mol. The highest BCUT2D eigenvalue weighted by molar-refractivity contribution is 6.33. The molecule has 0 saturated carbocycles. The van der Waals surface area contributed by atoms with Gasteiger partial charge in [-0.05, 0) is 19.4 Å². The molecule has 6 nitrogen and oxygen atoms in total. The molecular formula is C13H15ClN2O4. The Bertz CT molecular complexity index is 549. The van der Waals surface area contributed by atoms with Crippen molar-refractivity contribution in [1.29, 1.82) is 0 Å². The molecule has 20 heavy (non-hydrogen) atoms. The molecular weight excluding hydrogens is 284 g/mol. The van der Waals surface area contributed by atoms with Crippen LogP contribution in [0.1, 0.15) is 23.7 Å². The van der Waals surface area contributed by atoms with Gasteiger partial charge in [-0.25, -0.2) is 0 Å². The van der Waals surface area contributed by atoms with Gasteiger partial charge < -0.3 is 9.64 Å². The largest absolute Gasteiger partial charge is 0.376 e. The van der Waals surface area contributed by atoms with Crippen LogP contribution in [0.2, 0.25) is 5.02 Å². The summed E-state index contributed by atoms with van der Waals surface area (Å²) in [6.07, 6.45) is 0.692. The highest BCUT2D eigenvalue weighted by atomic mass is 35.5. The van der Waals surface area contributed by atoms with E-state index in [2.05, 4.69) is 0 Å². The van der Waals surface area contributed by atoms with E-state index >= 15 is 0 Å². The Hall–Kier alpha value is -1.66. The first-order chi connectivity index (χ1) is 9.41. The van der Waals surface area contributed by atoms with Crippen LogP contribution in [0.15, 0.2) is 18.2 Å². The van der Waals surface area contributed by atoms with Crippen LogP contribution < -0.4 is 0 Å². The number of rotatable bonds is 3. The highest BCUT2D eigenvalue weighted by Crippen LogP contribution is 2.26. The quantitative estimate of drug-likeness (QED) is 0.635. The summed E-state index contributed by atoms with van der Waals surface area (Å²) in [5, 5.41) is 11.0. The van der Waals surface area contributed by atoms with Crippen molar-refractivity contribution in [2.45, 2.75) is 25.5 Å². The second-order valence-corrected chi connectivity index (χ2v) is 5.18. The van der Waals surface area contributed by atoms with Gasteiger partial charge in [0.25, 0.3) is 11.6 Å². The van der Waals surface area contributed by atoms with Gasteiger partial charge in [-0.1, -0.05) is 11.6 Å². The lowest BCUT2D eigenvalue weighted by Crippen LogP contribution is -2.41. The molecule has 2 rings (SSSR count). The molecule has 0 aliphatic carbocycles. The third-order valence-corrected chi connectivity index (χ3v) is 3.87. The van der Waals surface area contributed by atoms with Crippen molar-refractivity contribution in [1.82, 2.24) is 4.90 Å². The summed E-state index contributed by atoms with van der Waals surface area (Å²) in [6, 6.07) is 3.81. The summed E-state index contributed by atoms with van der Waals surface area (Å²) in [4.78, 5) is 24.2. The normalized spacial score (nSPS) is 21.8. The fraction of sp³-hybridized carbons (Fsp3) is 0.462. The monoisotopic (exact) mass is 298 g/mol. The number of amides is 1. The molecule has 1 amide bonds. The van der Waals surface area contributed by atoms with E-state index in [9.17, 15) is 14.9 Å². The van der Waals surface area contributed by atoms with Crippen molar-refractivity contribution < 1.29 is 14.5 Å². The lowest BCUT2D eigenvalue weighted by atomic mass is 10.1. The van der Waals surface area contributed by atoms with Crippen molar-refractivity contribution >= 4 is 23.2 Å². The van der Waals surface area contributed by atoms with Gasteiger partial charge in [0.2, 0.25) is 0 Å². The minimum absolute atomic E-state index is 0.0437. The van der Waals surface area contributed by atoms with Gasteiger partial charge in [-0.2, -0.15) is 0 Å². The molecule has 2 atom stereocenters. The number of halogens is 1. The van der Waals surface area contributed by atoms with E-state index < -0.39 is 4.92 Å². The maximum atomic E-state index is 12.4. The summed E-state index contributed by atoms with van der Waals surface area (Å²) >= 11 is 5.98. The van der Waals surface area contributed by atoms with E-state index in [1.165, 1.54) is 18.2 Å². The van der Waals surface area contributed by atoms with Crippen molar-refractivity contribution in [3.63, 3.8) is 0 Å². The maximum Gasteiger partial charge on any atom is 0.270 e. The zero-order chi connectivity index (χ0) is 14.9. The molecule has 1 saturated heterocycles. The zero-order valence-corrected chi connectivity index (χ0v) is 12.0. The fourth-order valence-electron chi connectivity index (χ4n) is 2.36. The van der Waals surface area contributed by atoms with Crippen LogP contribution in [-0.4, -0.2) is 41.5 Å². The number of non-ortho nitro benzene ring substituents is 1. The van der Waals surface area contributed by atoms with E-state index in [0.717, 1.165) is 6.42 Å². The molecule has 1 aromatic carbocycles. The van der Waals surface area contributed by atoms with E-state index in [1.54, 1.807) is 11.9 Å². The molecule has 108 valence electrons. The van der Waals surface area contributed by atoms with Crippen LogP contribution in [0.5, 0.6) is 0 Å². The SMILES string of the molecule is CC1OCCC1N(C)C(=O)c1cc([N+](=O)[O-])ccc1Cl. The summed E-state index contributed by atoms with van der Waals surface area (Å²) in [7, 11) is 1.66. The Morgan fingerprint density at radius 3 is 2.80 bits per heavy atom. The number of likely N-dealkylation sites (N-methyl/N-ethyl adjacent to an activating group) is 1. The molecule has 1 aromatic rings. The van der Waals surface area contributed by atoms with Crippen molar-refractivity contribution in [2.75, 3.05) is 13.7 Å². The summed E-state index contributed by atoms with van der Waals surface area (Å²) in [6.45, 7) is 2.50. The second kappa shape index (κ2) is 5.76. The van der Waals surface area contributed by atoms with Crippen molar-refractivity contribution in [3.05, 3.63) is 38.9 Å². The van der Waals surface area contributed by atoms with E-state index in [-0.39, 0.29) is 34.3 Å². The molecule has 2 unspecified atom stereocenters. The molecule has 0 N–H and O–H groups in total. The molecule has 7 heteroatoms. The van der Waals surface area contributed by atoms with Crippen LogP contribution in [0.4, 0.5) is 5.69 Å². The van der Waals surface area contributed by atoms with Crippen LogP contribution in [0, 0.1) is 10.1 Å². The number of carbonyl (C=O) groups excluding carboxylic acids is 1. The summed E-state index contributed by atoms with van der Waals surface area (Å²) in [5.41, 5.74) is -0.00987. The van der Waals surface area contributed by atoms with Crippen LogP contribution in [0.3, 0.4) is 0 Å². The lowest BCUT2D eigenvalue weighted by molar-refractivity contribution is -0.384. The van der Waals surface area contributed by atoms with Gasteiger partial charge in [0, 0.05) is 25.8 Å². The van der Waals surface area contributed by atoms with E-state index in [4.69, 9.17) is 16.3 Å². The molecule has 1 aliphatic heterocycles. The Morgan fingerprint density at radius 1 is 1.55 bits per heavy atom. The van der Waals surface area contributed by atoms with Gasteiger partial charge in [-0.3, -0.25) is 14.9 Å². The summed E-state index contributed by atoms with van der Waals surface area (Å²) in [5.74, 6) is -0.332. The number of nitrogens with zero attached hydrogens (tertiary/aromatic N) is 2. The van der Waals surface area contributed by atoms with Crippen LogP contribution in [0.25, 0.3) is 0 Å². The Balaban J connectivity index is 2.28. The smallest absolute Gasteiger partial charge is 0.270 e. The standard InChI is InChI=1S/C13H15ClN2O4/c1-8-12(5-6-20-8)15(2)13(17)10-7-9(16(18)19)3-4-11(10)14/h3-4,7-8,12H,5-6H2,1-2H3. The average molecular weight is 299 g/mol. The molecule has 0 bridgehead atoms. The first-order valence-corrected chi connectivity index (χ1v) is 6.62. The van der Waals surface area contributed by atoms with Gasteiger partial charge in [0.15, 0.2) is 0 Å². The van der Waals surface area contributed by atoms with Gasteiger partial charge in [-0.15, -0.1) is 0 Å². The molecule has 1 fully saturated rings. The van der Waals surface area contributed by atoms with Gasteiger partial charge in [0.05, 0.1) is 27.7 Å². The molecule has 1 aliphatic rings. The first-order valence-electron chi connectivity index (χ1n) is 6.24. The maximum absolute atomic E-state index is 12.4. The van der Waals surface area contributed by atoms with E-state index in [0.29, 0.717) is 6.61 Å². The van der Waals surface area contributed by atoms with Gasteiger partial charge >= 0.3 is 0 Å². The number of carbonyl (C=O) groups is 1. The van der Waals surface area contributed by atoms with E-state index in [1.807, 2.05) is 6.92 Å². The average Bonchev–Trinajstić information content (AvgIpc) is 2.83. The topological polar surface area (TPSA) is 72.7 Å². The van der Waals surface area contributed by atoms with Crippen LogP contribution in [-0.2, 0) is 4.74 Å². The minimum Gasteiger partial charge on any atom is -0.376 e. The number of nitro groups is 1. The first kappa shape index (κ1) is 14.7. The van der Waals surface area contributed by atoms with Gasteiger partial charge in [0.1, 0.15) is 0 Å². The Labute approximate surface area is 121 Å². The third-order valence-electron chi connectivity index (χ3n) is 3.55. The van der Waals surface area contributed by atoms with Crippen LogP contribution >= 0.6 is 11.6 Å². The second-order valence-electron chi connectivity index (χ2n) is 4.77. The fourth-order valence-corrected chi connectivity index (χ4v) is 2.56. The minimum atomic E-state index is -0.547. The summed E-state index contributed by atoms with van der Waals surface area (Å²) < 4.78 is 5.43. The number of nitro benzene ring substituents is 1. The third kappa shape index (κ3) is 2.76. The van der Waals surface area contributed by atoms with Crippen molar-refractivity contribution in [2.24, 2.45) is 0 Å². The number of ether oxygens (including phenoxy) is 1. The predicted octanol–water partition coefficient (Wildman–Crippen LogP) is 2.50. The Kier molecular flexibility index (Phi) is 4.25. The van der Waals surface area contributed by atoms with Crippen molar-refractivity contribution in [3.8, 4) is 0 Å². The molecule has 1 heterocycles. The lowest BCUT2D eigenvalue weighted by Gasteiger charge is -2.27. The highest BCUT2D eigenvalue weighted by Gasteiger charge is 2.32. The number of hydrogen-bond donors (Lipinski definition) is 0. The molecule has 0 spiro atoms. The molecule has 0 aromatic heterocycles. The molecule has 0 radical (unpaired) electrons. The Morgan fingerprint density at radius 2 is 2.25 bits per heavy atom. The number of hydrogen-bond acceptors (Lipinski definition) is 4.